The highest BCUT2D eigenvalue weighted by Gasteiger charge is 2.37. The molecule has 5 rings (SSSR count). The number of ether oxygens (including phenoxy) is 1. The van der Waals surface area contributed by atoms with Crippen LogP contribution in [-0.2, 0) is 4.74 Å². The molecular weight excluding hydrogens is 483 g/mol. The molecule has 37 heavy (non-hydrogen) atoms. The Balaban J connectivity index is 1.49. The van der Waals surface area contributed by atoms with Crippen LogP contribution in [-0.4, -0.2) is 37.3 Å². The molecule has 0 radical (unpaired) electrons. The molecule has 3 aromatic rings. The van der Waals surface area contributed by atoms with Crippen LogP contribution in [0, 0.1) is 19.8 Å². The predicted molar refractivity (Wildman–Crippen MR) is 133 cm³/mol. The second-order valence-electron chi connectivity index (χ2n) is 10.3. The quantitative estimate of drug-likeness (QED) is 0.416. The van der Waals surface area contributed by atoms with Gasteiger partial charge in [0.25, 0.3) is 5.56 Å². The van der Waals surface area contributed by atoms with Gasteiger partial charge in [-0.15, -0.1) is 0 Å². The Hall–Kier alpha value is -3.14. The maximum Gasteiger partial charge on any atom is 0.391 e. The number of aryl methyl sites for hydroxylation is 2. The lowest BCUT2D eigenvalue weighted by atomic mass is 9.91. The zero-order valence-corrected chi connectivity index (χ0v) is 21.2. The van der Waals surface area contributed by atoms with E-state index in [1.807, 2.05) is 13.1 Å². The van der Waals surface area contributed by atoms with E-state index in [1.54, 1.807) is 23.6 Å². The number of hydrogen-bond donors (Lipinski definition) is 0. The van der Waals surface area contributed by atoms with Gasteiger partial charge in [-0.3, -0.25) is 4.79 Å². The lowest BCUT2D eigenvalue weighted by Crippen LogP contribution is -2.24. The smallest absolute Gasteiger partial charge is 0.373 e. The third kappa shape index (κ3) is 5.30. The van der Waals surface area contributed by atoms with Crippen molar-refractivity contribution < 1.29 is 17.9 Å². The number of rotatable bonds is 6. The molecule has 0 aromatic carbocycles. The minimum Gasteiger partial charge on any atom is -0.373 e. The lowest BCUT2D eigenvalue weighted by molar-refractivity contribution is -0.167. The van der Waals surface area contributed by atoms with Gasteiger partial charge in [-0.05, 0) is 63.2 Å². The average Bonchev–Trinajstić information content (AvgIpc) is 3.69. The van der Waals surface area contributed by atoms with E-state index in [-0.39, 0.29) is 35.6 Å². The molecule has 3 unspecified atom stereocenters. The molecular formula is C27H30F3N5O2. The molecule has 0 spiro atoms. The van der Waals surface area contributed by atoms with Crippen LogP contribution < -0.4 is 5.56 Å². The highest BCUT2D eigenvalue weighted by Crippen LogP contribution is 2.39. The van der Waals surface area contributed by atoms with Gasteiger partial charge in [0.2, 0.25) is 0 Å². The fourth-order valence-corrected chi connectivity index (χ4v) is 4.75. The summed E-state index contributed by atoms with van der Waals surface area (Å²) in [6.45, 7) is 9.18. The first kappa shape index (κ1) is 25.5. The molecule has 10 heteroatoms. The summed E-state index contributed by atoms with van der Waals surface area (Å²) < 4.78 is 47.7. The van der Waals surface area contributed by atoms with Gasteiger partial charge in [-0.25, -0.2) is 19.9 Å². The van der Waals surface area contributed by atoms with Gasteiger partial charge >= 0.3 is 6.18 Å². The van der Waals surface area contributed by atoms with Crippen LogP contribution in [0.25, 0.3) is 16.7 Å². The van der Waals surface area contributed by atoms with Gasteiger partial charge in [0, 0.05) is 30.8 Å². The Morgan fingerprint density at radius 2 is 1.86 bits per heavy atom. The lowest BCUT2D eigenvalue weighted by Gasteiger charge is -2.29. The van der Waals surface area contributed by atoms with Crippen molar-refractivity contribution in [3.05, 3.63) is 63.7 Å². The van der Waals surface area contributed by atoms with E-state index in [2.05, 4.69) is 16.5 Å². The first-order chi connectivity index (χ1) is 17.5. The summed E-state index contributed by atoms with van der Waals surface area (Å²) in [7, 11) is 0. The van der Waals surface area contributed by atoms with Gasteiger partial charge in [-0.1, -0.05) is 13.5 Å². The van der Waals surface area contributed by atoms with Crippen LogP contribution in [0.1, 0.15) is 85.6 Å². The molecule has 1 saturated heterocycles. The number of allylic oxidation sites excluding steroid dienone is 1. The highest BCUT2D eigenvalue weighted by molar-refractivity contribution is 5.84. The topological polar surface area (TPSA) is 82.8 Å². The molecule has 1 saturated carbocycles. The number of fused-ring (bicyclic) bond motifs is 1. The summed E-state index contributed by atoms with van der Waals surface area (Å²) in [6, 6.07) is 3.64. The largest absolute Gasteiger partial charge is 0.391 e. The Labute approximate surface area is 212 Å². The maximum absolute atomic E-state index is 13.3. The van der Waals surface area contributed by atoms with Crippen LogP contribution >= 0.6 is 0 Å². The molecule has 0 amide bonds. The zero-order valence-electron chi connectivity index (χ0n) is 21.2. The van der Waals surface area contributed by atoms with Crippen molar-refractivity contribution in [1.29, 1.82) is 0 Å². The number of halogens is 3. The molecule has 4 heterocycles. The Morgan fingerprint density at radius 3 is 2.57 bits per heavy atom. The molecule has 3 aromatic heterocycles. The van der Waals surface area contributed by atoms with E-state index in [4.69, 9.17) is 14.7 Å². The summed E-state index contributed by atoms with van der Waals surface area (Å²) in [5.74, 6) is -1.16. The molecule has 0 bridgehead atoms. The second kappa shape index (κ2) is 9.63. The summed E-state index contributed by atoms with van der Waals surface area (Å²) in [4.78, 5) is 30.8. The molecule has 3 atom stereocenters. The third-order valence-electron chi connectivity index (χ3n) is 7.33. The van der Waals surface area contributed by atoms with Crippen LogP contribution in [0.4, 0.5) is 13.2 Å². The van der Waals surface area contributed by atoms with E-state index < -0.39 is 12.1 Å². The van der Waals surface area contributed by atoms with Crippen molar-refractivity contribution in [2.24, 2.45) is 5.92 Å². The molecule has 196 valence electrons. The van der Waals surface area contributed by atoms with Crippen molar-refractivity contribution in [3.8, 4) is 0 Å². The number of pyridine rings is 1. The molecule has 1 aliphatic heterocycles. The standard InChI is InChI=1S/C27H30F3N5O2/c1-14(11-15(2)27(28,29)30)23-24-26(32-17(4)16(3)31-24)34-25(33-23)18-9-10-37-21(12-18)19-5-8-22(36)35(13-19)20-6-7-20/h5,8,13,15,18,20-21H,1,6-7,9-12H2,2-4H3. The molecule has 1 aliphatic carbocycles. The monoisotopic (exact) mass is 513 g/mol. The van der Waals surface area contributed by atoms with E-state index in [1.165, 1.54) is 0 Å². The SMILES string of the molecule is C=C(CC(C)C(F)(F)F)c1nc(C2CCOC(c3ccc(=O)n(C4CC4)c3)C2)nc2nc(C)c(C)nc12. The molecule has 0 N–H and O–H groups in total. The highest BCUT2D eigenvalue weighted by atomic mass is 19.4. The second-order valence-corrected chi connectivity index (χ2v) is 10.3. The van der Waals surface area contributed by atoms with Crippen molar-refractivity contribution >= 4 is 16.7 Å². The van der Waals surface area contributed by atoms with Gasteiger partial charge in [0.05, 0.1) is 29.1 Å². The van der Waals surface area contributed by atoms with Crippen molar-refractivity contribution in [2.45, 2.75) is 77.1 Å². The van der Waals surface area contributed by atoms with Crippen molar-refractivity contribution in [2.75, 3.05) is 6.61 Å². The van der Waals surface area contributed by atoms with Gasteiger partial charge in [0.1, 0.15) is 11.3 Å². The third-order valence-corrected chi connectivity index (χ3v) is 7.33. The molecule has 2 aliphatic rings. The zero-order chi connectivity index (χ0) is 26.5. The van der Waals surface area contributed by atoms with Gasteiger partial charge in [0.15, 0.2) is 5.65 Å². The minimum atomic E-state index is -4.34. The van der Waals surface area contributed by atoms with Gasteiger partial charge < -0.3 is 9.30 Å². The van der Waals surface area contributed by atoms with Gasteiger partial charge in [-0.2, -0.15) is 13.2 Å². The fourth-order valence-electron chi connectivity index (χ4n) is 4.75. The number of hydrogen-bond acceptors (Lipinski definition) is 6. The normalized spacial score (nSPS) is 21.2. The minimum absolute atomic E-state index is 0.0167. The Bertz CT molecular complexity index is 1410. The van der Waals surface area contributed by atoms with Crippen LogP contribution in [0.3, 0.4) is 0 Å². The number of nitrogens with zero attached hydrogens (tertiary/aromatic N) is 5. The fraction of sp³-hybridized carbons (Fsp3) is 0.519. The van der Waals surface area contributed by atoms with Crippen molar-refractivity contribution in [3.63, 3.8) is 0 Å². The average molecular weight is 514 g/mol. The first-order valence-electron chi connectivity index (χ1n) is 12.6. The van der Waals surface area contributed by atoms with E-state index in [9.17, 15) is 18.0 Å². The van der Waals surface area contributed by atoms with Crippen LogP contribution in [0.5, 0.6) is 0 Å². The Kier molecular flexibility index (Phi) is 6.64. The van der Waals surface area contributed by atoms with Crippen LogP contribution in [0.15, 0.2) is 29.7 Å². The number of aromatic nitrogens is 5. The van der Waals surface area contributed by atoms with Crippen LogP contribution in [0.2, 0.25) is 0 Å². The maximum atomic E-state index is 13.3. The van der Waals surface area contributed by atoms with E-state index in [0.29, 0.717) is 53.5 Å². The Morgan fingerprint density at radius 1 is 1.14 bits per heavy atom. The van der Waals surface area contributed by atoms with Crippen molar-refractivity contribution in [1.82, 2.24) is 24.5 Å². The predicted octanol–water partition coefficient (Wildman–Crippen LogP) is 5.77. The van der Waals surface area contributed by atoms with E-state index in [0.717, 1.165) is 25.3 Å². The summed E-state index contributed by atoms with van der Waals surface area (Å²) in [6.07, 6.45) is 0.263. The first-order valence-corrected chi connectivity index (χ1v) is 12.6. The van der Waals surface area contributed by atoms with E-state index >= 15 is 0 Å². The summed E-state index contributed by atoms with van der Waals surface area (Å²) in [5, 5.41) is 0. The summed E-state index contributed by atoms with van der Waals surface area (Å²) in [5.41, 5.74) is 3.57. The molecule has 7 nitrogen and oxygen atoms in total. The molecule has 2 fully saturated rings. The number of alkyl halides is 3. The summed E-state index contributed by atoms with van der Waals surface area (Å²) >= 11 is 0.